The molecule has 1 aromatic rings. The molecule has 1 unspecified atom stereocenters. The molecule has 92 valence electrons. The Bertz CT molecular complexity index is 438. The molecule has 1 fully saturated rings. The maximum Gasteiger partial charge on any atom is 0.264 e. The van der Waals surface area contributed by atoms with Gasteiger partial charge in [0.25, 0.3) is 5.91 Å². The number of ketones is 1. The Hall–Kier alpha value is -1.16. The molecule has 1 aromatic heterocycles. The molecule has 1 saturated heterocycles. The molecule has 3 nitrogen and oxygen atoms in total. The molecule has 1 aliphatic heterocycles. The topological polar surface area (TPSA) is 37.4 Å². The number of hydrogen-bond donors (Lipinski definition) is 0. The maximum atomic E-state index is 12.3. The third-order valence-electron chi connectivity index (χ3n) is 3.11. The molecule has 2 heterocycles. The standard InChI is InChI=1S/C13H17NO2S/c1-9(15)8-11-4-3-7-14(11)13(16)12-6-5-10(2)17-12/h5-6,11H,3-4,7-8H2,1-2H3. The van der Waals surface area contributed by atoms with Crippen molar-refractivity contribution in [1.82, 2.24) is 4.90 Å². The molecule has 1 atom stereocenters. The van der Waals surface area contributed by atoms with Crippen molar-refractivity contribution < 1.29 is 9.59 Å². The van der Waals surface area contributed by atoms with Crippen LogP contribution in [0.4, 0.5) is 0 Å². The zero-order valence-electron chi connectivity index (χ0n) is 10.2. The number of carbonyl (C=O) groups is 2. The summed E-state index contributed by atoms with van der Waals surface area (Å²) in [4.78, 5) is 27.3. The lowest BCUT2D eigenvalue weighted by atomic mass is 10.1. The Morgan fingerprint density at radius 3 is 2.82 bits per heavy atom. The molecule has 4 heteroatoms. The van der Waals surface area contributed by atoms with Gasteiger partial charge in [-0.15, -0.1) is 11.3 Å². The van der Waals surface area contributed by atoms with Gasteiger partial charge >= 0.3 is 0 Å². The molecule has 0 radical (unpaired) electrons. The van der Waals surface area contributed by atoms with Crippen molar-refractivity contribution in [1.29, 1.82) is 0 Å². The fraction of sp³-hybridized carbons (Fsp3) is 0.538. The van der Waals surface area contributed by atoms with Crippen molar-refractivity contribution >= 4 is 23.0 Å². The number of likely N-dealkylation sites (tertiary alicyclic amines) is 1. The van der Waals surface area contributed by atoms with Crippen molar-refractivity contribution in [2.24, 2.45) is 0 Å². The third-order valence-corrected chi connectivity index (χ3v) is 4.10. The van der Waals surface area contributed by atoms with E-state index in [1.54, 1.807) is 6.92 Å². The second-order valence-electron chi connectivity index (χ2n) is 4.61. The highest BCUT2D eigenvalue weighted by Crippen LogP contribution is 2.25. The Morgan fingerprint density at radius 1 is 1.47 bits per heavy atom. The Kier molecular flexibility index (Phi) is 3.62. The van der Waals surface area contributed by atoms with E-state index >= 15 is 0 Å². The number of nitrogens with zero attached hydrogens (tertiary/aromatic N) is 1. The number of carbonyl (C=O) groups excluding carboxylic acids is 2. The number of thiophene rings is 1. The lowest BCUT2D eigenvalue weighted by Gasteiger charge is -2.23. The Balaban J connectivity index is 2.10. The summed E-state index contributed by atoms with van der Waals surface area (Å²) in [5.41, 5.74) is 0. The van der Waals surface area contributed by atoms with Crippen LogP contribution < -0.4 is 0 Å². The zero-order valence-corrected chi connectivity index (χ0v) is 11.0. The van der Waals surface area contributed by atoms with Crippen LogP contribution in [0.5, 0.6) is 0 Å². The minimum absolute atomic E-state index is 0.0897. The Morgan fingerprint density at radius 2 is 2.24 bits per heavy atom. The van der Waals surface area contributed by atoms with E-state index in [1.807, 2.05) is 24.0 Å². The van der Waals surface area contributed by atoms with E-state index in [9.17, 15) is 9.59 Å². The first-order chi connectivity index (χ1) is 8.08. The van der Waals surface area contributed by atoms with Crippen molar-refractivity contribution in [3.8, 4) is 0 Å². The van der Waals surface area contributed by atoms with Gasteiger partial charge in [0, 0.05) is 23.9 Å². The summed E-state index contributed by atoms with van der Waals surface area (Å²) in [5, 5.41) is 0. The summed E-state index contributed by atoms with van der Waals surface area (Å²) in [6.07, 6.45) is 2.46. The fourth-order valence-electron chi connectivity index (χ4n) is 2.34. The van der Waals surface area contributed by atoms with Crippen LogP contribution in [0.1, 0.15) is 40.7 Å². The van der Waals surface area contributed by atoms with Gasteiger partial charge in [-0.1, -0.05) is 0 Å². The largest absolute Gasteiger partial charge is 0.335 e. The number of rotatable bonds is 3. The minimum Gasteiger partial charge on any atom is -0.335 e. The number of Topliss-reactive ketones (excluding diaryl/α,β-unsaturated/α-hetero) is 1. The van der Waals surface area contributed by atoms with Gasteiger partial charge in [-0.25, -0.2) is 0 Å². The number of aryl methyl sites for hydroxylation is 1. The molecule has 17 heavy (non-hydrogen) atoms. The van der Waals surface area contributed by atoms with Crippen molar-refractivity contribution in [2.75, 3.05) is 6.54 Å². The van der Waals surface area contributed by atoms with E-state index in [0.717, 1.165) is 29.1 Å². The molecule has 0 aromatic carbocycles. The van der Waals surface area contributed by atoms with Crippen molar-refractivity contribution in [3.05, 3.63) is 21.9 Å². The molecule has 1 amide bonds. The fourth-order valence-corrected chi connectivity index (χ4v) is 3.16. The lowest BCUT2D eigenvalue weighted by Crippen LogP contribution is -2.36. The van der Waals surface area contributed by atoms with Crippen molar-refractivity contribution in [2.45, 2.75) is 39.2 Å². The summed E-state index contributed by atoms with van der Waals surface area (Å²) in [5.74, 6) is 0.254. The molecule has 2 rings (SSSR count). The molecular formula is C13H17NO2S. The van der Waals surface area contributed by atoms with Crippen LogP contribution in [-0.2, 0) is 4.79 Å². The van der Waals surface area contributed by atoms with Crippen LogP contribution in [-0.4, -0.2) is 29.2 Å². The van der Waals surface area contributed by atoms with Crippen LogP contribution in [0.15, 0.2) is 12.1 Å². The third kappa shape index (κ3) is 2.75. The maximum absolute atomic E-state index is 12.3. The second-order valence-corrected chi connectivity index (χ2v) is 5.90. The molecule has 0 saturated carbocycles. The van der Waals surface area contributed by atoms with Gasteiger partial charge in [-0.05, 0) is 38.8 Å². The Labute approximate surface area is 105 Å². The molecular weight excluding hydrogens is 234 g/mol. The summed E-state index contributed by atoms with van der Waals surface area (Å²) in [6.45, 7) is 4.38. The highest BCUT2D eigenvalue weighted by atomic mass is 32.1. The van der Waals surface area contributed by atoms with Crippen LogP contribution in [0, 0.1) is 6.92 Å². The van der Waals surface area contributed by atoms with E-state index in [2.05, 4.69) is 0 Å². The molecule has 0 aliphatic carbocycles. The number of hydrogen-bond acceptors (Lipinski definition) is 3. The molecule has 0 spiro atoms. The first-order valence-corrected chi connectivity index (χ1v) is 6.76. The van der Waals surface area contributed by atoms with E-state index in [1.165, 1.54) is 11.3 Å². The first-order valence-electron chi connectivity index (χ1n) is 5.95. The normalized spacial score (nSPS) is 19.6. The quantitative estimate of drug-likeness (QED) is 0.828. The van der Waals surface area contributed by atoms with Crippen LogP contribution in [0.3, 0.4) is 0 Å². The highest BCUT2D eigenvalue weighted by molar-refractivity contribution is 7.13. The van der Waals surface area contributed by atoms with Gasteiger partial charge in [-0.3, -0.25) is 9.59 Å². The van der Waals surface area contributed by atoms with Gasteiger partial charge in [0.1, 0.15) is 5.78 Å². The summed E-state index contributed by atoms with van der Waals surface area (Å²) < 4.78 is 0. The summed E-state index contributed by atoms with van der Waals surface area (Å²) in [7, 11) is 0. The van der Waals surface area contributed by atoms with E-state index in [4.69, 9.17) is 0 Å². The average molecular weight is 251 g/mol. The second kappa shape index (κ2) is 5.00. The van der Waals surface area contributed by atoms with Crippen LogP contribution >= 0.6 is 11.3 Å². The summed E-state index contributed by atoms with van der Waals surface area (Å²) >= 11 is 1.53. The van der Waals surface area contributed by atoms with E-state index < -0.39 is 0 Å². The first kappa shape index (κ1) is 12.3. The van der Waals surface area contributed by atoms with Crippen LogP contribution in [0.25, 0.3) is 0 Å². The average Bonchev–Trinajstić information content (AvgIpc) is 2.85. The smallest absolute Gasteiger partial charge is 0.264 e. The SMILES string of the molecule is CC(=O)CC1CCCN1C(=O)c1ccc(C)s1. The molecule has 1 aliphatic rings. The van der Waals surface area contributed by atoms with Gasteiger partial charge in [-0.2, -0.15) is 0 Å². The lowest BCUT2D eigenvalue weighted by molar-refractivity contribution is -0.117. The van der Waals surface area contributed by atoms with Crippen molar-refractivity contribution in [3.63, 3.8) is 0 Å². The van der Waals surface area contributed by atoms with Gasteiger partial charge in [0.15, 0.2) is 0 Å². The predicted octanol–water partition coefficient (Wildman–Crippen LogP) is 2.64. The predicted molar refractivity (Wildman–Crippen MR) is 68.4 cm³/mol. The highest BCUT2D eigenvalue weighted by Gasteiger charge is 2.30. The molecule has 0 bridgehead atoms. The molecule has 0 N–H and O–H groups in total. The minimum atomic E-state index is 0.0897. The monoisotopic (exact) mass is 251 g/mol. The summed E-state index contributed by atoms with van der Waals surface area (Å²) in [6, 6.07) is 3.96. The van der Waals surface area contributed by atoms with Crippen LogP contribution in [0.2, 0.25) is 0 Å². The number of amides is 1. The zero-order chi connectivity index (χ0) is 12.4. The van der Waals surface area contributed by atoms with E-state index in [-0.39, 0.29) is 17.7 Å². The van der Waals surface area contributed by atoms with E-state index in [0.29, 0.717) is 6.42 Å². The van der Waals surface area contributed by atoms with Gasteiger partial charge in [0.05, 0.1) is 4.88 Å². The van der Waals surface area contributed by atoms with Gasteiger partial charge < -0.3 is 4.90 Å². The van der Waals surface area contributed by atoms with Gasteiger partial charge in [0.2, 0.25) is 0 Å².